The van der Waals surface area contributed by atoms with Crippen molar-refractivity contribution in [2.75, 3.05) is 0 Å². The largest absolute Gasteiger partial charge is 0.493 e. The van der Waals surface area contributed by atoms with E-state index in [1.807, 2.05) is 6.92 Å². The van der Waals surface area contributed by atoms with Gasteiger partial charge < -0.3 is 5.11 Å². The van der Waals surface area contributed by atoms with Gasteiger partial charge in [0.2, 0.25) is 11.7 Å². The van der Waals surface area contributed by atoms with Gasteiger partial charge in [0.05, 0.1) is 11.2 Å². The molecule has 0 saturated carbocycles. The van der Waals surface area contributed by atoms with Crippen LogP contribution in [0.3, 0.4) is 0 Å². The Morgan fingerprint density at radius 3 is 2.67 bits per heavy atom. The fraction of sp³-hybridized carbons (Fsp3) is 0.167. The first kappa shape index (κ1) is 12.9. The van der Waals surface area contributed by atoms with Crippen molar-refractivity contribution in [1.82, 2.24) is 9.78 Å². The molecule has 6 heteroatoms. The summed E-state index contributed by atoms with van der Waals surface area (Å²) in [4.78, 5) is 12.2. The van der Waals surface area contributed by atoms with E-state index in [9.17, 15) is 9.90 Å². The van der Waals surface area contributed by atoms with Crippen LogP contribution in [0.2, 0.25) is 10.0 Å². The van der Waals surface area contributed by atoms with Crippen LogP contribution in [0.4, 0.5) is 0 Å². The molecule has 1 aromatic heterocycles. The molecule has 4 nitrogen and oxygen atoms in total. The Labute approximate surface area is 114 Å². The summed E-state index contributed by atoms with van der Waals surface area (Å²) in [6, 6.07) is 4.58. The lowest BCUT2D eigenvalue weighted by Crippen LogP contribution is -2.02. The lowest BCUT2D eigenvalue weighted by molar-refractivity contribution is 0.103. The molecule has 0 fully saturated rings. The first-order valence-corrected chi connectivity index (χ1v) is 6.04. The third-order valence-electron chi connectivity index (χ3n) is 2.53. The van der Waals surface area contributed by atoms with Gasteiger partial charge in [0, 0.05) is 17.1 Å². The Morgan fingerprint density at radius 1 is 1.39 bits per heavy atom. The number of rotatable bonds is 3. The van der Waals surface area contributed by atoms with Gasteiger partial charge in [-0.05, 0) is 25.1 Å². The molecule has 0 aliphatic heterocycles. The van der Waals surface area contributed by atoms with Crippen LogP contribution in [-0.4, -0.2) is 20.7 Å². The Hall–Kier alpha value is -1.52. The molecule has 0 unspecified atom stereocenters. The van der Waals surface area contributed by atoms with Crippen molar-refractivity contribution >= 4 is 29.0 Å². The first-order chi connectivity index (χ1) is 8.54. The average Bonchev–Trinajstić information content (AvgIpc) is 2.69. The number of benzene rings is 1. The number of halogens is 2. The summed E-state index contributed by atoms with van der Waals surface area (Å²) in [5, 5.41) is 14.4. The third kappa shape index (κ3) is 2.21. The van der Waals surface area contributed by atoms with E-state index in [4.69, 9.17) is 23.2 Å². The Morgan fingerprint density at radius 2 is 2.11 bits per heavy atom. The van der Waals surface area contributed by atoms with Crippen LogP contribution < -0.4 is 0 Å². The highest BCUT2D eigenvalue weighted by Crippen LogP contribution is 2.26. The van der Waals surface area contributed by atoms with E-state index in [-0.39, 0.29) is 27.8 Å². The highest BCUT2D eigenvalue weighted by molar-refractivity contribution is 6.37. The van der Waals surface area contributed by atoms with E-state index in [1.54, 1.807) is 6.07 Å². The predicted molar refractivity (Wildman–Crippen MR) is 69.5 cm³/mol. The number of ketones is 1. The highest BCUT2D eigenvalue weighted by atomic mass is 35.5. The van der Waals surface area contributed by atoms with Crippen LogP contribution in [0.5, 0.6) is 5.88 Å². The van der Waals surface area contributed by atoms with Crippen LogP contribution >= 0.6 is 23.2 Å². The second-order valence-electron chi connectivity index (χ2n) is 3.65. The smallest absolute Gasteiger partial charge is 0.220 e. The SMILES string of the molecule is CCn1ncc(C(=O)c2ccc(Cl)cc2Cl)c1O. The van der Waals surface area contributed by atoms with Crippen molar-refractivity contribution in [2.24, 2.45) is 0 Å². The molecule has 94 valence electrons. The summed E-state index contributed by atoms with van der Waals surface area (Å²) in [5.74, 6) is -0.539. The number of nitrogens with zero attached hydrogens (tertiary/aromatic N) is 2. The van der Waals surface area contributed by atoms with Crippen LogP contribution in [0, 0.1) is 0 Å². The zero-order valence-electron chi connectivity index (χ0n) is 9.52. The third-order valence-corrected chi connectivity index (χ3v) is 3.08. The second kappa shape index (κ2) is 5.00. The van der Waals surface area contributed by atoms with E-state index in [1.165, 1.54) is 23.0 Å². The van der Waals surface area contributed by atoms with E-state index in [0.717, 1.165) is 0 Å². The monoisotopic (exact) mass is 284 g/mol. The van der Waals surface area contributed by atoms with Gasteiger partial charge in [-0.25, -0.2) is 4.68 Å². The van der Waals surface area contributed by atoms with Gasteiger partial charge in [-0.2, -0.15) is 5.10 Å². The van der Waals surface area contributed by atoms with Crippen molar-refractivity contribution in [2.45, 2.75) is 13.5 Å². The summed E-state index contributed by atoms with van der Waals surface area (Å²) in [6.07, 6.45) is 1.33. The van der Waals surface area contributed by atoms with Crippen molar-refractivity contribution in [3.8, 4) is 5.88 Å². The lowest BCUT2D eigenvalue weighted by atomic mass is 10.1. The van der Waals surface area contributed by atoms with Crippen molar-refractivity contribution in [3.63, 3.8) is 0 Å². The number of hydrogen-bond acceptors (Lipinski definition) is 3. The minimum atomic E-state index is -0.381. The normalized spacial score (nSPS) is 10.6. The second-order valence-corrected chi connectivity index (χ2v) is 4.49. The number of aryl methyl sites for hydroxylation is 1. The lowest BCUT2D eigenvalue weighted by Gasteiger charge is -2.03. The van der Waals surface area contributed by atoms with Gasteiger partial charge >= 0.3 is 0 Å². The molecule has 2 aromatic rings. The zero-order valence-corrected chi connectivity index (χ0v) is 11.0. The highest BCUT2D eigenvalue weighted by Gasteiger charge is 2.20. The molecule has 0 aliphatic rings. The standard InChI is InChI=1S/C12H10Cl2N2O2/c1-2-16-12(18)9(6-15-16)11(17)8-4-3-7(13)5-10(8)14/h3-6,18H,2H2,1H3. The Kier molecular flexibility index (Phi) is 3.59. The van der Waals surface area contributed by atoms with Crippen molar-refractivity contribution in [1.29, 1.82) is 0 Å². The number of carbonyl (C=O) groups is 1. The zero-order chi connectivity index (χ0) is 13.3. The molecule has 0 aliphatic carbocycles. The van der Waals surface area contributed by atoms with Gasteiger partial charge in [0.25, 0.3) is 0 Å². The van der Waals surface area contributed by atoms with Gasteiger partial charge in [-0.15, -0.1) is 0 Å². The Balaban J connectivity index is 2.44. The molecule has 2 rings (SSSR count). The number of carbonyl (C=O) groups excluding carboxylic acids is 1. The summed E-state index contributed by atoms with van der Waals surface area (Å²) in [7, 11) is 0. The maximum Gasteiger partial charge on any atom is 0.220 e. The summed E-state index contributed by atoms with van der Waals surface area (Å²) in [6.45, 7) is 2.30. The van der Waals surface area contributed by atoms with Crippen LogP contribution in [-0.2, 0) is 6.54 Å². The van der Waals surface area contributed by atoms with Crippen molar-refractivity contribution in [3.05, 3.63) is 45.6 Å². The van der Waals surface area contributed by atoms with Crippen LogP contribution in [0.15, 0.2) is 24.4 Å². The van der Waals surface area contributed by atoms with Crippen LogP contribution in [0.1, 0.15) is 22.8 Å². The molecule has 1 heterocycles. The fourth-order valence-corrected chi connectivity index (χ4v) is 2.08. The molecule has 0 spiro atoms. The molecule has 0 bridgehead atoms. The van der Waals surface area contributed by atoms with E-state index in [2.05, 4.69) is 5.10 Å². The molecule has 0 amide bonds. The maximum absolute atomic E-state index is 12.2. The number of hydrogen-bond donors (Lipinski definition) is 1. The molecule has 1 aromatic carbocycles. The predicted octanol–water partition coefficient (Wildman–Crippen LogP) is 3.15. The minimum absolute atomic E-state index is 0.126. The molecule has 1 N–H and O–H groups in total. The molecule has 0 saturated heterocycles. The minimum Gasteiger partial charge on any atom is -0.493 e. The van der Waals surface area contributed by atoms with Gasteiger partial charge in [0.15, 0.2) is 0 Å². The van der Waals surface area contributed by atoms with Crippen molar-refractivity contribution < 1.29 is 9.90 Å². The van der Waals surface area contributed by atoms with Gasteiger partial charge in [0.1, 0.15) is 5.56 Å². The molecular formula is C12H10Cl2N2O2. The summed E-state index contributed by atoms with van der Waals surface area (Å²) in [5.41, 5.74) is 0.410. The average molecular weight is 285 g/mol. The molecule has 0 radical (unpaired) electrons. The van der Waals surface area contributed by atoms with E-state index in [0.29, 0.717) is 11.6 Å². The fourth-order valence-electron chi connectivity index (χ4n) is 1.59. The number of aromatic nitrogens is 2. The topological polar surface area (TPSA) is 55.1 Å². The van der Waals surface area contributed by atoms with E-state index >= 15 is 0 Å². The van der Waals surface area contributed by atoms with Gasteiger partial charge in [-0.3, -0.25) is 4.79 Å². The first-order valence-electron chi connectivity index (χ1n) is 5.29. The summed E-state index contributed by atoms with van der Waals surface area (Å²) < 4.78 is 1.33. The molecule has 0 atom stereocenters. The summed E-state index contributed by atoms with van der Waals surface area (Å²) >= 11 is 11.7. The Bertz CT molecular complexity index is 608. The maximum atomic E-state index is 12.2. The van der Waals surface area contributed by atoms with Crippen LogP contribution in [0.25, 0.3) is 0 Å². The molecular weight excluding hydrogens is 275 g/mol. The van der Waals surface area contributed by atoms with Gasteiger partial charge in [-0.1, -0.05) is 23.2 Å². The quantitative estimate of drug-likeness (QED) is 0.881. The van der Waals surface area contributed by atoms with E-state index < -0.39 is 0 Å². The number of aromatic hydroxyl groups is 1. The molecule has 18 heavy (non-hydrogen) atoms.